The van der Waals surface area contributed by atoms with Crippen molar-refractivity contribution in [3.05, 3.63) is 89.5 Å². The number of aromatic nitrogens is 1. The van der Waals surface area contributed by atoms with Crippen molar-refractivity contribution in [1.29, 1.82) is 0 Å². The highest BCUT2D eigenvalue weighted by atomic mass is 19.1. The third-order valence-corrected chi connectivity index (χ3v) is 4.95. The van der Waals surface area contributed by atoms with Crippen molar-refractivity contribution in [3.63, 3.8) is 0 Å². The molecular weight excluding hydrogens is 393 g/mol. The van der Waals surface area contributed by atoms with Crippen molar-refractivity contribution in [2.75, 3.05) is 6.61 Å². The molecule has 1 heterocycles. The van der Waals surface area contributed by atoms with Gasteiger partial charge in [0.05, 0.1) is 18.4 Å². The second-order valence-corrected chi connectivity index (χ2v) is 7.43. The lowest BCUT2D eigenvalue weighted by atomic mass is 10.1. The van der Waals surface area contributed by atoms with E-state index in [1.165, 1.54) is 31.4 Å². The smallest absolute Gasteiger partial charge is 0.343 e. The molecule has 0 bridgehead atoms. The number of hydrogen-bond acceptors (Lipinski definition) is 4. The molecular formula is C26H28FNO3. The molecule has 0 aliphatic rings. The fraction of sp³-hybridized carbons (Fsp3) is 0.308. The molecule has 0 saturated carbocycles. The Kier molecular flexibility index (Phi) is 8.59. The third kappa shape index (κ3) is 7.52. The quantitative estimate of drug-likeness (QED) is 0.274. The number of halogens is 1. The van der Waals surface area contributed by atoms with E-state index < -0.39 is 5.97 Å². The molecule has 0 aliphatic carbocycles. The van der Waals surface area contributed by atoms with Crippen molar-refractivity contribution in [2.45, 2.75) is 45.4 Å². The van der Waals surface area contributed by atoms with Crippen LogP contribution in [-0.4, -0.2) is 17.6 Å². The minimum absolute atomic E-state index is 0.238. The van der Waals surface area contributed by atoms with E-state index in [4.69, 9.17) is 9.47 Å². The number of ether oxygens (including phenoxy) is 2. The molecule has 3 aromatic rings. The maximum absolute atomic E-state index is 13.0. The van der Waals surface area contributed by atoms with Crippen molar-refractivity contribution < 1.29 is 18.7 Å². The maximum atomic E-state index is 13.0. The highest BCUT2D eigenvalue weighted by Gasteiger charge is 2.09. The number of nitrogens with zero attached hydrogens (tertiary/aromatic N) is 1. The van der Waals surface area contributed by atoms with Crippen LogP contribution in [0.4, 0.5) is 4.39 Å². The second kappa shape index (κ2) is 11.8. The first kappa shape index (κ1) is 22.5. The standard InChI is InChI=1S/C26H28FNO3/c1-2-3-4-5-18-30-24-15-9-21(10-16-24)26(29)31-25-17-14-23(28-19-25)13-8-20-6-11-22(27)12-7-20/h6-7,9-12,14-17,19H,2-5,8,13,18H2,1H3. The van der Waals surface area contributed by atoms with Crippen molar-refractivity contribution in [2.24, 2.45) is 0 Å². The zero-order chi connectivity index (χ0) is 21.9. The van der Waals surface area contributed by atoms with Gasteiger partial charge in [-0.1, -0.05) is 38.3 Å². The fourth-order valence-corrected chi connectivity index (χ4v) is 3.11. The number of pyridine rings is 1. The van der Waals surface area contributed by atoms with Crippen molar-refractivity contribution >= 4 is 5.97 Å². The van der Waals surface area contributed by atoms with Crippen LogP contribution in [0.5, 0.6) is 11.5 Å². The van der Waals surface area contributed by atoms with Gasteiger partial charge in [0.1, 0.15) is 17.3 Å². The van der Waals surface area contributed by atoms with Crippen molar-refractivity contribution in [3.8, 4) is 11.5 Å². The molecule has 4 nitrogen and oxygen atoms in total. The number of carbonyl (C=O) groups excluding carboxylic acids is 1. The highest BCUT2D eigenvalue weighted by molar-refractivity contribution is 5.91. The van der Waals surface area contributed by atoms with Gasteiger partial charge in [0.25, 0.3) is 0 Å². The van der Waals surface area contributed by atoms with Gasteiger partial charge in [-0.15, -0.1) is 0 Å². The van der Waals surface area contributed by atoms with E-state index in [0.717, 1.165) is 36.3 Å². The summed E-state index contributed by atoms with van der Waals surface area (Å²) in [5, 5.41) is 0. The molecule has 5 heteroatoms. The van der Waals surface area contributed by atoms with Gasteiger partial charge in [0.15, 0.2) is 0 Å². The number of unbranched alkanes of at least 4 members (excludes halogenated alkanes) is 3. The van der Waals surface area contributed by atoms with Crippen LogP contribution in [0.1, 0.15) is 54.2 Å². The number of aryl methyl sites for hydroxylation is 2. The largest absolute Gasteiger partial charge is 0.494 e. The van der Waals surface area contributed by atoms with Crippen molar-refractivity contribution in [1.82, 2.24) is 4.98 Å². The van der Waals surface area contributed by atoms with E-state index in [2.05, 4.69) is 11.9 Å². The van der Waals surface area contributed by atoms with Crippen LogP contribution in [0, 0.1) is 5.82 Å². The minimum atomic E-state index is -0.435. The Morgan fingerprint density at radius 2 is 1.61 bits per heavy atom. The van der Waals surface area contributed by atoms with Gasteiger partial charge >= 0.3 is 5.97 Å². The average molecular weight is 422 g/mol. The molecule has 0 radical (unpaired) electrons. The summed E-state index contributed by atoms with van der Waals surface area (Å²) in [4.78, 5) is 16.7. The van der Waals surface area contributed by atoms with Gasteiger partial charge in [-0.3, -0.25) is 4.98 Å². The van der Waals surface area contributed by atoms with Crippen LogP contribution in [0.2, 0.25) is 0 Å². The van der Waals surface area contributed by atoms with Crippen LogP contribution in [0.15, 0.2) is 66.9 Å². The first-order chi connectivity index (χ1) is 15.1. The highest BCUT2D eigenvalue weighted by Crippen LogP contribution is 2.17. The number of esters is 1. The van der Waals surface area contributed by atoms with Gasteiger partial charge in [-0.2, -0.15) is 0 Å². The lowest BCUT2D eigenvalue weighted by Crippen LogP contribution is -2.09. The third-order valence-electron chi connectivity index (χ3n) is 4.95. The summed E-state index contributed by atoms with van der Waals surface area (Å²) in [6.07, 6.45) is 7.65. The van der Waals surface area contributed by atoms with E-state index in [1.54, 1.807) is 48.7 Å². The molecule has 2 aromatic carbocycles. The molecule has 0 N–H and O–H groups in total. The Morgan fingerprint density at radius 3 is 2.29 bits per heavy atom. The molecule has 0 spiro atoms. The van der Waals surface area contributed by atoms with E-state index in [1.807, 2.05) is 6.07 Å². The molecule has 3 rings (SSSR count). The number of carbonyl (C=O) groups is 1. The monoisotopic (exact) mass is 421 g/mol. The van der Waals surface area contributed by atoms with Gasteiger partial charge in [0, 0.05) is 5.69 Å². The summed E-state index contributed by atoms with van der Waals surface area (Å²) in [5.74, 6) is 0.472. The molecule has 0 aliphatic heterocycles. The lowest BCUT2D eigenvalue weighted by Gasteiger charge is -2.08. The molecule has 31 heavy (non-hydrogen) atoms. The molecule has 0 amide bonds. The average Bonchev–Trinajstić information content (AvgIpc) is 2.80. The van der Waals surface area contributed by atoms with Crippen LogP contribution >= 0.6 is 0 Å². The Bertz CT molecular complexity index is 938. The van der Waals surface area contributed by atoms with Gasteiger partial charge in [-0.05, 0) is 73.4 Å². The molecule has 0 fully saturated rings. The topological polar surface area (TPSA) is 48.4 Å². The molecule has 0 saturated heterocycles. The van der Waals surface area contributed by atoms with Crippen LogP contribution in [-0.2, 0) is 12.8 Å². The SMILES string of the molecule is CCCCCCOc1ccc(C(=O)Oc2ccc(CCc3ccc(F)cc3)nc2)cc1. The second-order valence-electron chi connectivity index (χ2n) is 7.43. The summed E-state index contributed by atoms with van der Waals surface area (Å²) in [6.45, 7) is 2.86. The Morgan fingerprint density at radius 1 is 0.871 bits per heavy atom. The summed E-state index contributed by atoms with van der Waals surface area (Å²) in [7, 11) is 0. The maximum Gasteiger partial charge on any atom is 0.343 e. The van der Waals surface area contributed by atoms with E-state index in [0.29, 0.717) is 17.9 Å². The van der Waals surface area contributed by atoms with Crippen LogP contribution < -0.4 is 9.47 Å². The Hall–Kier alpha value is -3.21. The summed E-state index contributed by atoms with van der Waals surface area (Å²) < 4.78 is 24.1. The number of rotatable bonds is 11. The molecule has 0 unspecified atom stereocenters. The minimum Gasteiger partial charge on any atom is -0.494 e. The first-order valence-electron chi connectivity index (χ1n) is 10.8. The lowest BCUT2D eigenvalue weighted by molar-refractivity contribution is 0.0734. The Balaban J connectivity index is 1.45. The Labute approximate surface area is 183 Å². The molecule has 0 atom stereocenters. The van der Waals surface area contributed by atoms with Crippen LogP contribution in [0.25, 0.3) is 0 Å². The number of benzene rings is 2. The fourth-order valence-electron chi connectivity index (χ4n) is 3.11. The van der Waals surface area contributed by atoms with Gasteiger partial charge < -0.3 is 9.47 Å². The summed E-state index contributed by atoms with van der Waals surface area (Å²) in [5.41, 5.74) is 2.38. The van der Waals surface area contributed by atoms with Gasteiger partial charge in [0.2, 0.25) is 0 Å². The predicted molar refractivity (Wildman–Crippen MR) is 119 cm³/mol. The molecule has 1 aromatic heterocycles. The summed E-state index contributed by atoms with van der Waals surface area (Å²) >= 11 is 0. The van der Waals surface area contributed by atoms with E-state index in [9.17, 15) is 9.18 Å². The predicted octanol–water partition coefficient (Wildman–Crippen LogP) is 6.18. The summed E-state index contributed by atoms with van der Waals surface area (Å²) in [6, 6.07) is 17.0. The first-order valence-corrected chi connectivity index (χ1v) is 10.8. The normalized spacial score (nSPS) is 10.6. The zero-order valence-corrected chi connectivity index (χ0v) is 17.9. The number of hydrogen-bond donors (Lipinski definition) is 0. The van der Waals surface area contributed by atoms with Gasteiger partial charge in [-0.25, -0.2) is 9.18 Å². The molecule has 162 valence electrons. The van der Waals surface area contributed by atoms with Crippen LogP contribution in [0.3, 0.4) is 0 Å². The van der Waals surface area contributed by atoms with E-state index in [-0.39, 0.29) is 5.82 Å². The zero-order valence-electron chi connectivity index (χ0n) is 17.9. The van der Waals surface area contributed by atoms with E-state index >= 15 is 0 Å².